The Labute approximate surface area is 150 Å². The summed E-state index contributed by atoms with van der Waals surface area (Å²) in [6.07, 6.45) is 4.57. The van der Waals surface area contributed by atoms with Crippen molar-refractivity contribution >= 4 is 11.6 Å². The van der Waals surface area contributed by atoms with Crippen LogP contribution in [0.25, 0.3) is 5.65 Å². The van der Waals surface area contributed by atoms with Crippen LogP contribution in [0.3, 0.4) is 0 Å². The average Bonchev–Trinajstić information content (AvgIpc) is 2.81. The number of rotatable bonds is 3. The van der Waals surface area contributed by atoms with Gasteiger partial charge in [-0.3, -0.25) is 9.20 Å². The van der Waals surface area contributed by atoms with Crippen LogP contribution in [-0.2, 0) is 6.42 Å². The van der Waals surface area contributed by atoms with Crippen LogP contribution in [0, 0.1) is 6.92 Å². The number of hydrogen-bond donors (Lipinski definition) is 2. The van der Waals surface area contributed by atoms with E-state index in [1.807, 2.05) is 36.6 Å². The third kappa shape index (κ3) is 3.71. The SMILES string of the molecule is CCc1nc2ccc(C)cn2c1C(=O)NC1CC(C)(C)NC(C)(C)C1. The summed E-state index contributed by atoms with van der Waals surface area (Å²) in [5.74, 6) is -0.0200. The zero-order valence-corrected chi connectivity index (χ0v) is 16.2. The number of pyridine rings is 1. The molecule has 3 heterocycles. The molecule has 1 amide bonds. The molecule has 1 saturated heterocycles. The summed E-state index contributed by atoms with van der Waals surface area (Å²) >= 11 is 0. The van der Waals surface area contributed by atoms with Gasteiger partial charge in [0.15, 0.2) is 0 Å². The highest BCUT2D eigenvalue weighted by atomic mass is 16.2. The number of imidazole rings is 1. The first-order valence-electron chi connectivity index (χ1n) is 9.18. The summed E-state index contributed by atoms with van der Waals surface area (Å²) in [5, 5.41) is 6.94. The second-order valence-electron chi connectivity index (χ2n) is 8.67. The minimum absolute atomic E-state index is 0.00333. The number of fused-ring (bicyclic) bond motifs is 1. The lowest BCUT2D eigenvalue weighted by molar-refractivity contribution is 0.0866. The number of amides is 1. The van der Waals surface area contributed by atoms with Crippen molar-refractivity contribution in [3.05, 3.63) is 35.3 Å². The summed E-state index contributed by atoms with van der Waals surface area (Å²) in [6.45, 7) is 12.9. The second kappa shape index (κ2) is 6.13. The van der Waals surface area contributed by atoms with Crippen molar-refractivity contribution < 1.29 is 4.79 Å². The first kappa shape index (κ1) is 17.9. The molecule has 0 aliphatic carbocycles. The molecule has 25 heavy (non-hydrogen) atoms. The van der Waals surface area contributed by atoms with Crippen molar-refractivity contribution in [3.8, 4) is 0 Å². The van der Waals surface area contributed by atoms with Gasteiger partial charge in [0, 0.05) is 23.3 Å². The van der Waals surface area contributed by atoms with E-state index in [2.05, 4.69) is 43.3 Å². The number of hydrogen-bond acceptors (Lipinski definition) is 3. The van der Waals surface area contributed by atoms with Gasteiger partial charge >= 0.3 is 0 Å². The van der Waals surface area contributed by atoms with E-state index in [9.17, 15) is 4.79 Å². The van der Waals surface area contributed by atoms with Gasteiger partial charge in [0.25, 0.3) is 5.91 Å². The molecule has 2 aromatic rings. The highest BCUT2D eigenvalue weighted by Crippen LogP contribution is 2.29. The predicted octanol–water partition coefficient (Wildman–Crippen LogP) is 3.24. The zero-order valence-electron chi connectivity index (χ0n) is 16.2. The van der Waals surface area contributed by atoms with Gasteiger partial charge in [-0.05, 0) is 65.5 Å². The molecule has 5 nitrogen and oxygen atoms in total. The van der Waals surface area contributed by atoms with Gasteiger partial charge in [0.05, 0.1) is 5.69 Å². The average molecular weight is 342 g/mol. The van der Waals surface area contributed by atoms with E-state index in [-0.39, 0.29) is 23.0 Å². The van der Waals surface area contributed by atoms with Crippen LogP contribution in [0.1, 0.15) is 69.2 Å². The number of nitrogens with one attached hydrogen (secondary N) is 2. The highest BCUT2D eigenvalue weighted by Gasteiger charge is 2.38. The van der Waals surface area contributed by atoms with Gasteiger partial charge in [-0.25, -0.2) is 4.98 Å². The van der Waals surface area contributed by atoms with Gasteiger partial charge < -0.3 is 10.6 Å². The fourth-order valence-electron chi connectivity index (χ4n) is 4.36. The van der Waals surface area contributed by atoms with Crippen molar-refractivity contribution in [2.24, 2.45) is 0 Å². The number of carbonyl (C=O) groups is 1. The molecule has 5 heteroatoms. The molecule has 136 valence electrons. The Morgan fingerprint density at radius 2 is 1.92 bits per heavy atom. The van der Waals surface area contributed by atoms with Crippen molar-refractivity contribution in [3.63, 3.8) is 0 Å². The van der Waals surface area contributed by atoms with E-state index in [1.165, 1.54) is 0 Å². The van der Waals surface area contributed by atoms with Crippen LogP contribution in [0.2, 0.25) is 0 Å². The number of aryl methyl sites for hydroxylation is 2. The summed E-state index contributed by atoms with van der Waals surface area (Å²) in [7, 11) is 0. The second-order valence-corrected chi connectivity index (χ2v) is 8.67. The van der Waals surface area contributed by atoms with Crippen LogP contribution in [0.5, 0.6) is 0 Å². The Morgan fingerprint density at radius 3 is 2.52 bits per heavy atom. The summed E-state index contributed by atoms with van der Waals surface area (Å²) in [4.78, 5) is 17.7. The molecule has 0 spiro atoms. The Kier molecular flexibility index (Phi) is 4.40. The van der Waals surface area contributed by atoms with Crippen molar-refractivity contribution in [2.75, 3.05) is 0 Å². The predicted molar refractivity (Wildman–Crippen MR) is 101 cm³/mol. The van der Waals surface area contributed by atoms with E-state index in [1.54, 1.807) is 0 Å². The molecule has 0 radical (unpaired) electrons. The maximum atomic E-state index is 13.1. The quantitative estimate of drug-likeness (QED) is 0.900. The maximum absolute atomic E-state index is 13.1. The lowest BCUT2D eigenvalue weighted by Crippen LogP contribution is -2.62. The van der Waals surface area contributed by atoms with Crippen LogP contribution < -0.4 is 10.6 Å². The van der Waals surface area contributed by atoms with Gasteiger partial charge in [-0.15, -0.1) is 0 Å². The third-order valence-electron chi connectivity index (χ3n) is 4.91. The molecule has 1 fully saturated rings. The van der Waals surface area contributed by atoms with E-state index in [0.717, 1.165) is 36.2 Å². The van der Waals surface area contributed by atoms with E-state index in [0.29, 0.717) is 5.69 Å². The molecule has 1 aliphatic heterocycles. The molecular weight excluding hydrogens is 312 g/mol. The van der Waals surface area contributed by atoms with Crippen LogP contribution in [0.4, 0.5) is 0 Å². The topological polar surface area (TPSA) is 58.4 Å². The molecule has 0 unspecified atom stereocenters. The molecule has 2 N–H and O–H groups in total. The Hall–Kier alpha value is -1.88. The fourth-order valence-corrected chi connectivity index (χ4v) is 4.36. The van der Waals surface area contributed by atoms with Gasteiger partial charge in [-0.1, -0.05) is 13.0 Å². The normalized spacial score (nSPS) is 19.9. The van der Waals surface area contributed by atoms with Crippen LogP contribution >= 0.6 is 0 Å². The molecule has 0 atom stereocenters. The van der Waals surface area contributed by atoms with Crippen molar-refractivity contribution in [2.45, 2.75) is 77.9 Å². The molecule has 0 saturated carbocycles. The minimum Gasteiger partial charge on any atom is -0.348 e. The third-order valence-corrected chi connectivity index (χ3v) is 4.91. The summed E-state index contributed by atoms with van der Waals surface area (Å²) in [6, 6.07) is 4.15. The zero-order chi connectivity index (χ0) is 18.4. The lowest BCUT2D eigenvalue weighted by Gasteiger charge is -2.46. The monoisotopic (exact) mass is 342 g/mol. The maximum Gasteiger partial charge on any atom is 0.270 e. The van der Waals surface area contributed by atoms with E-state index < -0.39 is 0 Å². The minimum atomic E-state index is -0.0200. The van der Waals surface area contributed by atoms with Crippen LogP contribution in [-0.4, -0.2) is 32.4 Å². The number of nitrogens with zero attached hydrogens (tertiary/aromatic N) is 2. The van der Waals surface area contributed by atoms with Gasteiger partial charge in [0.2, 0.25) is 0 Å². The Bertz CT molecular complexity index is 787. The summed E-state index contributed by atoms with van der Waals surface area (Å²) in [5.41, 5.74) is 3.49. The number of aromatic nitrogens is 2. The first-order valence-corrected chi connectivity index (χ1v) is 9.18. The largest absolute Gasteiger partial charge is 0.348 e. The molecule has 0 aromatic carbocycles. The van der Waals surface area contributed by atoms with Gasteiger partial charge in [0.1, 0.15) is 11.3 Å². The smallest absolute Gasteiger partial charge is 0.270 e. The van der Waals surface area contributed by atoms with E-state index >= 15 is 0 Å². The Morgan fingerprint density at radius 1 is 1.28 bits per heavy atom. The molecule has 3 rings (SSSR count). The van der Waals surface area contributed by atoms with Crippen molar-refractivity contribution in [1.82, 2.24) is 20.0 Å². The summed E-state index contributed by atoms with van der Waals surface area (Å²) < 4.78 is 1.93. The highest BCUT2D eigenvalue weighted by molar-refractivity contribution is 5.95. The van der Waals surface area contributed by atoms with Crippen molar-refractivity contribution in [1.29, 1.82) is 0 Å². The molecular formula is C20H30N4O. The molecule has 2 aromatic heterocycles. The van der Waals surface area contributed by atoms with Gasteiger partial charge in [-0.2, -0.15) is 0 Å². The molecule has 0 bridgehead atoms. The lowest BCUT2D eigenvalue weighted by atomic mass is 9.79. The number of carbonyl (C=O) groups excluding carboxylic acids is 1. The first-order chi connectivity index (χ1) is 11.6. The van der Waals surface area contributed by atoms with E-state index in [4.69, 9.17) is 0 Å². The van der Waals surface area contributed by atoms with Crippen LogP contribution in [0.15, 0.2) is 18.3 Å². The number of piperidine rings is 1. The standard InChI is InChI=1S/C20H30N4O/c1-7-15-17(24-12-13(2)8-9-16(24)22-15)18(25)21-14-10-19(3,4)23-20(5,6)11-14/h8-9,12,14,23H,7,10-11H2,1-6H3,(H,21,25). The Balaban J connectivity index is 1.91. The fraction of sp³-hybridized carbons (Fsp3) is 0.600. The molecule has 1 aliphatic rings.